The molecular formula is C17H13FN2S. The summed E-state index contributed by atoms with van der Waals surface area (Å²) in [5.41, 5.74) is 6.32. The topological polar surface area (TPSA) is 49.9 Å². The second-order valence-electron chi connectivity index (χ2n) is 4.60. The van der Waals surface area contributed by atoms with E-state index in [-0.39, 0.29) is 11.7 Å². The van der Waals surface area contributed by atoms with Crippen LogP contribution >= 0.6 is 11.8 Å². The minimum Gasteiger partial charge on any atom is -0.384 e. The first-order valence-corrected chi connectivity index (χ1v) is 7.27. The molecule has 3 N–H and O–H groups in total. The van der Waals surface area contributed by atoms with E-state index in [0.29, 0.717) is 10.5 Å². The fraction of sp³-hybridized carbons (Fsp3) is 0. The first kappa shape index (κ1) is 13.6. The Hall–Kier alpha value is -2.33. The summed E-state index contributed by atoms with van der Waals surface area (Å²) in [5.74, 6) is -0.198. The average Bonchev–Trinajstić information content (AvgIpc) is 2.49. The van der Waals surface area contributed by atoms with Gasteiger partial charge in [0, 0.05) is 15.4 Å². The molecule has 0 saturated carbocycles. The van der Waals surface area contributed by atoms with Crippen molar-refractivity contribution in [2.24, 2.45) is 5.73 Å². The number of nitrogens with one attached hydrogen (secondary N) is 1. The van der Waals surface area contributed by atoms with Crippen molar-refractivity contribution in [1.82, 2.24) is 0 Å². The third-order valence-electron chi connectivity index (χ3n) is 3.23. The normalized spacial score (nSPS) is 10.7. The summed E-state index contributed by atoms with van der Waals surface area (Å²) in [6.45, 7) is 0. The van der Waals surface area contributed by atoms with Crippen LogP contribution in [-0.4, -0.2) is 5.84 Å². The van der Waals surface area contributed by atoms with Crippen molar-refractivity contribution in [3.63, 3.8) is 0 Å². The molecule has 104 valence electrons. The van der Waals surface area contributed by atoms with Crippen molar-refractivity contribution in [1.29, 1.82) is 5.41 Å². The number of hydrogen-bond donors (Lipinski definition) is 2. The minimum absolute atomic E-state index is 0.0358. The van der Waals surface area contributed by atoms with Crippen molar-refractivity contribution in [2.45, 2.75) is 9.79 Å². The van der Waals surface area contributed by atoms with E-state index in [4.69, 9.17) is 11.1 Å². The zero-order valence-electron chi connectivity index (χ0n) is 11.1. The molecule has 4 heteroatoms. The van der Waals surface area contributed by atoms with Gasteiger partial charge in [0.1, 0.15) is 11.7 Å². The Bertz CT molecular complexity index is 830. The molecule has 3 aromatic rings. The highest BCUT2D eigenvalue weighted by atomic mass is 32.2. The molecule has 0 aliphatic rings. The molecule has 0 heterocycles. The van der Waals surface area contributed by atoms with Gasteiger partial charge in [0.25, 0.3) is 0 Å². The molecule has 0 spiro atoms. The maximum absolute atomic E-state index is 13.8. The molecule has 0 saturated heterocycles. The van der Waals surface area contributed by atoms with Crippen LogP contribution < -0.4 is 5.73 Å². The molecule has 0 radical (unpaired) electrons. The highest BCUT2D eigenvalue weighted by Gasteiger charge is 2.10. The monoisotopic (exact) mass is 296 g/mol. The summed E-state index contributed by atoms with van der Waals surface area (Å²) < 4.78 is 13.8. The zero-order valence-corrected chi connectivity index (χ0v) is 12.0. The van der Waals surface area contributed by atoms with Gasteiger partial charge >= 0.3 is 0 Å². The van der Waals surface area contributed by atoms with Crippen LogP contribution in [-0.2, 0) is 0 Å². The molecule has 21 heavy (non-hydrogen) atoms. The fourth-order valence-corrected chi connectivity index (χ4v) is 3.21. The Morgan fingerprint density at radius 1 is 0.857 bits per heavy atom. The zero-order chi connectivity index (χ0) is 14.8. The van der Waals surface area contributed by atoms with E-state index < -0.39 is 0 Å². The minimum atomic E-state index is -0.234. The molecule has 0 amide bonds. The Labute approximate surface area is 126 Å². The molecule has 0 aromatic heterocycles. The molecule has 2 nitrogen and oxygen atoms in total. The van der Waals surface area contributed by atoms with E-state index >= 15 is 0 Å². The maximum atomic E-state index is 13.8. The number of rotatable bonds is 3. The van der Waals surface area contributed by atoms with Gasteiger partial charge in [0.05, 0.1) is 0 Å². The summed E-state index contributed by atoms with van der Waals surface area (Å²) in [7, 11) is 0. The molecular weight excluding hydrogens is 283 g/mol. The summed E-state index contributed by atoms with van der Waals surface area (Å²) in [4.78, 5) is 1.53. The lowest BCUT2D eigenvalue weighted by molar-refractivity contribution is 0.602. The molecule has 0 atom stereocenters. The number of nitrogens with two attached hydrogens (primary N) is 1. The van der Waals surface area contributed by atoms with Gasteiger partial charge < -0.3 is 5.73 Å². The molecule has 0 fully saturated rings. The number of amidine groups is 1. The Morgan fingerprint density at radius 2 is 1.52 bits per heavy atom. The third-order valence-corrected chi connectivity index (χ3v) is 4.36. The molecule has 3 aromatic carbocycles. The van der Waals surface area contributed by atoms with Crippen LogP contribution in [0.15, 0.2) is 70.5 Å². The van der Waals surface area contributed by atoms with Gasteiger partial charge in [-0.25, -0.2) is 4.39 Å². The fourth-order valence-electron chi connectivity index (χ4n) is 2.24. The van der Waals surface area contributed by atoms with Gasteiger partial charge in [-0.2, -0.15) is 0 Å². The molecule has 3 rings (SSSR count). The first-order chi connectivity index (χ1) is 10.2. The van der Waals surface area contributed by atoms with Crippen LogP contribution in [0, 0.1) is 11.2 Å². The Kier molecular flexibility index (Phi) is 3.62. The number of fused-ring (bicyclic) bond motifs is 1. The van der Waals surface area contributed by atoms with Crippen LogP contribution in [0.5, 0.6) is 0 Å². The van der Waals surface area contributed by atoms with Crippen LogP contribution in [0.1, 0.15) is 5.56 Å². The smallest absolute Gasteiger partial charge is 0.137 e. The number of hydrogen-bond acceptors (Lipinski definition) is 2. The molecule has 0 unspecified atom stereocenters. The average molecular weight is 296 g/mol. The summed E-state index contributed by atoms with van der Waals surface area (Å²) >= 11 is 1.38. The first-order valence-electron chi connectivity index (χ1n) is 6.45. The van der Waals surface area contributed by atoms with Crippen LogP contribution in [0.25, 0.3) is 10.8 Å². The largest absolute Gasteiger partial charge is 0.384 e. The quantitative estimate of drug-likeness (QED) is 0.555. The van der Waals surface area contributed by atoms with Crippen LogP contribution in [0.4, 0.5) is 4.39 Å². The Morgan fingerprint density at radius 3 is 2.24 bits per heavy atom. The van der Waals surface area contributed by atoms with E-state index in [2.05, 4.69) is 0 Å². The molecule has 0 aliphatic heterocycles. The van der Waals surface area contributed by atoms with Gasteiger partial charge in [0.2, 0.25) is 0 Å². The lowest BCUT2D eigenvalue weighted by atomic mass is 10.0. The van der Waals surface area contributed by atoms with E-state index in [1.165, 1.54) is 17.8 Å². The van der Waals surface area contributed by atoms with Gasteiger partial charge in [-0.1, -0.05) is 48.2 Å². The van der Waals surface area contributed by atoms with E-state index in [9.17, 15) is 4.39 Å². The second-order valence-corrected chi connectivity index (χ2v) is 5.69. The lowest BCUT2D eigenvalue weighted by Crippen LogP contribution is -2.11. The lowest BCUT2D eigenvalue weighted by Gasteiger charge is -2.10. The van der Waals surface area contributed by atoms with Gasteiger partial charge in [-0.05, 0) is 35.0 Å². The van der Waals surface area contributed by atoms with E-state index in [1.54, 1.807) is 12.1 Å². The van der Waals surface area contributed by atoms with Crippen molar-refractivity contribution in [2.75, 3.05) is 0 Å². The number of benzene rings is 3. The van der Waals surface area contributed by atoms with E-state index in [0.717, 1.165) is 15.7 Å². The Balaban J connectivity index is 2.14. The van der Waals surface area contributed by atoms with Crippen LogP contribution in [0.2, 0.25) is 0 Å². The molecule has 0 aliphatic carbocycles. The SMILES string of the molecule is N=C(N)c1ccc(Sc2ccccc2F)c2ccccc12. The maximum Gasteiger partial charge on any atom is 0.137 e. The van der Waals surface area contributed by atoms with Crippen molar-refractivity contribution in [3.05, 3.63) is 72.0 Å². The second kappa shape index (κ2) is 5.58. The summed E-state index contributed by atoms with van der Waals surface area (Å²) in [5, 5.41) is 9.53. The summed E-state index contributed by atoms with van der Waals surface area (Å²) in [6, 6.07) is 18.1. The predicted molar refractivity (Wildman–Crippen MR) is 85.5 cm³/mol. The number of nitrogen functional groups attached to an aromatic ring is 1. The molecule has 0 bridgehead atoms. The van der Waals surface area contributed by atoms with Crippen molar-refractivity contribution in [3.8, 4) is 0 Å². The highest BCUT2D eigenvalue weighted by molar-refractivity contribution is 7.99. The highest BCUT2D eigenvalue weighted by Crippen LogP contribution is 2.35. The van der Waals surface area contributed by atoms with Crippen molar-refractivity contribution >= 4 is 28.4 Å². The third kappa shape index (κ3) is 2.62. The predicted octanol–water partition coefficient (Wildman–Crippen LogP) is 4.41. The summed E-state index contributed by atoms with van der Waals surface area (Å²) in [6.07, 6.45) is 0. The van der Waals surface area contributed by atoms with Gasteiger partial charge in [-0.3, -0.25) is 5.41 Å². The standard InChI is InChI=1S/C17H13FN2S/c18-14-7-3-4-8-16(14)21-15-10-9-13(17(19)20)11-5-1-2-6-12(11)15/h1-10H,(H3,19,20). The van der Waals surface area contributed by atoms with Gasteiger partial charge in [-0.15, -0.1) is 0 Å². The van der Waals surface area contributed by atoms with E-state index in [1.807, 2.05) is 42.5 Å². The van der Waals surface area contributed by atoms with Crippen LogP contribution in [0.3, 0.4) is 0 Å². The van der Waals surface area contributed by atoms with Crippen molar-refractivity contribution < 1.29 is 4.39 Å². The van der Waals surface area contributed by atoms with Gasteiger partial charge in [0.15, 0.2) is 0 Å². The number of halogens is 1.